The van der Waals surface area contributed by atoms with Crippen molar-refractivity contribution in [3.05, 3.63) is 23.8 Å². The van der Waals surface area contributed by atoms with E-state index in [0.29, 0.717) is 17.1 Å². The highest BCUT2D eigenvalue weighted by atomic mass is 16.5. The summed E-state index contributed by atoms with van der Waals surface area (Å²) in [7, 11) is 3.10. The van der Waals surface area contributed by atoms with Crippen molar-refractivity contribution in [1.29, 1.82) is 0 Å². The van der Waals surface area contributed by atoms with Crippen molar-refractivity contribution >= 4 is 5.78 Å². The summed E-state index contributed by atoms with van der Waals surface area (Å²) in [6.45, 7) is 3.63. The van der Waals surface area contributed by atoms with E-state index in [1.165, 1.54) is 7.11 Å². The molecule has 0 saturated carbocycles. The SMILES string of the molecule is COc1ccc(OC)c(C(=O)C(C)C(C)N)c1. The monoisotopic (exact) mass is 237 g/mol. The molecular weight excluding hydrogens is 218 g/mol. The number of methoxy groups -OCH3 is 2. The summed E-state index contributed by atoms with van der Waals surface area (Å²) >= 11 is 0. The van der Waals surface area contributed by atoms with Gasteiger partial charge in [0.2, 0.25) is 0 Å². The summed E-state index contributed by atoms with van der Waals surface area (Å²) in [5, 5.41) is 0. The van der Waals surface area contributed by atoms with Gasteiger partial charge >= 0.3 is 0 Å². The van der Waals surface area contributed by atoms with E-state index < -0.39 is 0 Å². The molecule has 1 aromatic rings. The molecule has 0 amide bonds. The van der Waals surface area contributed by atoms with Crippen LogP contribution in [-0.2, 0) is 0 Å². The molecule has 17 heavy (non-hydrogen) atoms. The minimum Gasteiger partial charge on any atom is -0.497 e. The second kappa shape index (κ2) is 5.68. The number of carbonyl (C=O) groups excluding carboxylic acids is 1. The molecular formula is C13H19NO3. The maximum Gasteiger partial charge on any atom is 0.171 e. The molecule has 1 aromatic carbocycles. The number of ketones is 1. The Hall–Kier alpha value is -1.55. The molecule has 0 aliphatic carbocycles. The van der Waals surface area contributed by atoms with Gasteiger partial charge in [-0.3, -0.25) is 4.79 Å². The highest BCUT2D eigenvalue weighted by molar-refractivity contribution is 6.00. The average Bonchev–Trinajstić information content (AvgIpc) is 2.35. The lowest BCUT2D eigenvalue weighted by Crippen LogP contribution is -2.30. The van der Waals surface area contributed by atoms with E-state index >= 15 is 0 Å². The summed E-state index contributed by atoms with van der Waals surface area (Å²) in [6, 6.07) is 4.96. The van der Waals surface area contributed by atoms with Crippen molar-refractivity contribution < 1.29 is 14.3 Å². The molecule has 0 heterocycles. The fourth-order valence-electron chi connectivity index (χ4n) is 1.49. The topological polar surface area (TPSA) is 61.5 Å². The lowest BCUT2D eigenvalue weighted by Gasteiger charge is -2.16. The van der Waals surface area contributed by atoms with Crippen LogP contribution >= 0.6 is 0 Å². The first-order valence-electron chi connectivity index (χ1n) is 5.53. The van der Waals surface area contributed by atoms with Gasteiger partial charge in [-0.05, 0) is 25.1 Å². The van der Waals surface area contributed by atoms with Gasteiger partial charge in [0.25, 0.3) is 0 Å². The number of rotatable bonds is 5. The van der Waals surface area contributed by atoms with E-state index in [1.54, 1.807) is 25.3 Å². The lowest BCUT2D eigenvalue weighted by molar-refractivity contribution is 0.0913. The molecule has 94 valence electrons. The summed E-state index contributed by atoms with van der Waals surface area (Å²) < 4.78 is 10.3. The largest absolute Gasteiger partial charge is 0.497 e. The lowest BCUT2D eigenvalue weighted by atomic mass is 9.93. The molecule has 0 aliphatic rings. The first kappa shape index (κ1) is 13.5. The fourth-order valence-corrected chi connectivity index (χ4v) is 1.49. The van der Waals surface area contributed by atoms with Crippen LogP contribution in [0.1, 0.15) is 24.2 Å². The van der Waals surface area contributed by atoms with Gasteiger partial charge in [-0.1, -0.05) is 6.92 Å². The van der Waals surface area contributed by atoms with Crippen LogP contribution in [0.25, 0.3) is 0 Å². The van der Waals surface area contributed by atoms with Gasteiger partial charge in [0.1, 0.15) is 11.5 Å². The number of nitrogens with two attached hydrogens (primary N) is 1. The van der Waals surface area contributed by atoms with Crippen LogP contribution in [0.5, 0.6) is 11.5 Å². The maximum atomic E-state index is 12.2. The van der Waals surface area contributed by atoms with E-state index in [1.807, 2.05) is 13.8 Å². The zero-order chi connectivity index (χ0) is 13.0. The Balaban J connectivity index is 3.14. The molecule has 0 bridgehead atoms. The Kier molecular flexibility index (Phi) is 4.52. The molecule has 0 aromatic heterocycles. The van der Waals surface area contributed by atoms with Crippen LogP contribution < -0.4 is 15.2 Å². The highest BCUT2D eigenvalue weighted by Gasteiger charge is 2.22. The Labute approximate surface area is 102 Å². The molecule has 4 heteroatoms. The number of ether oxygens (including phenoxy) is 2. The normalized spacial score (nSPS) is 13.9. The van der Waals surface area contributed by atoms with Crippen LogP contribution in [0.2, 0.25) is 0 Å². The molecule has 0 aliphatic heterocycles. The van der Waals surface area contributed by atoms with Gasteiger partial charge in [0, 0.05) is 12.0 Å². The highest BCUT2D eigenvalue weighted by Crippen LogP contribution is 2.26. The third-order valence-electron chi connectivity index (χ3n) is 2.87. The Morgan fingerprint density at radius 3 is 2.35 bits per heavy atom. The van der Waals surface area contributed by atoms with Crippen molar-refractivity contribution in [2.24, 2.45) is 11.7 Å². The van der Waals surface area contributed by atoms with E-state index in [2.05, 4.69) is 0 Å². The molecule has 0 spiro atoms. The van der Waals surface area contributed by atoms with Crippen LogP contribution in [0.3, 0.4) is 0 Å². The maximum absolute atomic E-state index is 12.2. The minimum absolute atomic E-state index is 0.0317. The summed E-state index contributed by atoms with van der Waals surface area (Å²) in [5.74, 6) is 0.890. The van der Waals surface area contributed by atoms with E-state index in [-0.39, 0.29) is 17.7 Å². The van der Waals surface area contributed by atoms with Crippen molar-refractivity contribution in [2.75, 3.05) is 14.2 Å². The third-order valence-corrected chi connectivity index (χ3v) is 2.87. The number of Topliss-reactive ketones (excluding diaryl/α,β-unsaturated/α-hetero) is 1. The fraction of sp³-hybridized carbons (Fsp3) is 0.462. The van der Waals surface area contributed by atoms with Gasteiger partial charge < -0.3 is 15.2 Å². The number of hydrogen-bond donors (Lipinski definition) is 1. The first-order chi connectivity index (χ1) is 8.01. The van der Waals surface area contributed by atoms with Gasteiger partial charge in [-0.15, -0.1) is 0 Å². The molecule has 0 saturated heterocycles. The minimum atomic E-state index is -0.254. The van der Waals surface area contributed by atoms with Gasteiger partial charge in [-0.25, -0.2) is 0 Å². The van der Waals surface area contributed by atoms with Crippen molar-refractivity contribution in [2.45, 2.75) is 19.9 Å². The van der Waals surface area contributed by atoms with Crippen LogP contribution in [-0.4, -0.2) is 26.0 Å². The zero-order valence-electron chi connectivity index (χ0n) is 10.7. The molecule has 2 N–H and O–H groups in total. The Bertz CT molecular complexity index is 402. The molecule has 0 fully saturated rings. The van der Waals surface area contributed by atoms with Crippen molar-refractivity contribution in [3.8, 4) is 11.5 Å². The number of benzene rings is 1. The molecule has 4 nitrogen and oxygen atoms in total. The standard InChI is InChI=1S/C13H19NO3/c1-8(9(2)14)13(15)11-7-10(16-3)5-6-12(11)17-4/h5-9H,14H2,1-4H3. The predicted octanol–water partition coefficient (Wildman–Crippen LogP) is 1.87. The summed E-state index contributed by atoms with van der Waals surface area (Å²) in [6.07, 6.45) is 0. The molecule has 2 unspecified atom stereocenters. The van der Waals surface area contributed by atoms with Crippen LogP contribution in [0.15, 0.2) is 18.2 Å². The van der Waals surface area contributed by atoms with Crippen molar-refractivity contribution in [1.82, 2.24) is 0 Å². The molecule has 0 radical (unpaired) electrons. The van der Waals surface area contributed by atoms with Gasteiger partial charge in [0.05, 0.1) is 19.8 Å². The predicted molar refractivity (Wildman–Crippen MR) is 66.7 cm³/mol. The Morgan fingerprint density at radius 2 is 1.88 bits per heavy atom. The van der Waals surface area contributed by atoms with Gasteiger partial charge in [-0.2, -0.15) is 0 Å². The first-order valence-corrected chi connectivity index (χ1v) is 5.53. The van der Waals surface area contributed by atoms with E-state index in [0.717, 1.165) is 0 Å². The third kappa shape index (κ3) is 2.97. The van der Waals surface area contributed by atoms with Gasteiger partial charge in [0.15, 0.2) is 5.78 Å². The quantitative estimate of drug-likeness (QED) is 0.794. The Morgan fingerprint density at radius 1 is 1.24 bits per heavy atom. The number of hydrogen-bond acceptors (Lipinski definition) is 4. The second-order valence-corrected chi connectivity index (χ2v) is 4.08. The van der Waals surface area contributed by atoms with Crippen LogP contribution in [0.4, 0.5) is 0 Å². The average molecular weight is 237 g/mol. The molecule has 2 atom stereocenters. The molecule has 1 rings (SSSR count). The summed E-state index contributed by atoms with van der Waals surface area (Å²) in [4.78, 5) is 12.2. The number of carbonyl (C=O) groups is 1. The smallest absolute Gasteiger partial charge is 0.171 e. The van der Waals surface area contributed by atoms with E-state index in [4.69, 9.17) is 15.2 Å². The van der Waals surface area contributed by atoms with E-state index in [9.17, 15) is 4.79 Å². The summed E-state index contributed by atoms with van der Waals surface area (Å²) in [5.41, 5.74) is 6.25. The second-order valence-electron chi connectivity index (χ2n) is 4.08. The van der Waals surface area contributed by atoms with Crippen LogP contribution in [0, 0.1) is 5.92 Å². The zero-order valence-corrected chi connectivity index (χ0v) is 10.7. The van der Waals surface area contributed by atoms with Crippen molar-refractivity contribution in [3.63, 3.8) is 0 Å².